The number of piperidine rings is 1. The number of benzene rings is 1. The van der Waals surface area contributed by atoms with Crippen LogP contribution in [0.25, 0.3) is 0 Å². The molecular formula is C15H23NO4. The normalized spacial score (nSPS) is 33.0. The lowest BCUT2D eigenvalue weighted by Gasteiger charge is -2.44. The van der Waals surface area contributed by atoms with Gasteiger partial charge in [0.1, 0.15) is 12.2 Å². The molecule has 0 aromatic heterocycles. The van der Waals surface area contributed by atoms with E-state index in [0.717, 1.165) is 0 Å². The van der Waals surface area contributed by atoms with Gasteiger partial charge in [0.15, 0.2) is 0 Å². The predicted octanol–water partition coefficient (Wildman–Crippen LogP) is -0.451. The number of aliphatic hydroxyl groups is 4. The molecular weight excluding hydrogens is 258 g/mol. The third-order valence-electron chi connectivity index (χ3n) is 4.09. The summed E-state index contributed by atoms with van der Waals surface area (Å²) in [6.45, 7) is 2.68. The van der Waals surface area contributed by atoms with Gasteiger partial charge in [-0.25, -0.2) is 0 Å². The molecule has 1 fully saturated rings. The van der Waals surface area contributed by atoms with E-state index in [1.54, 1.807) is 0 Å². The fourth-order valence-electron chi connectivity index (χ4n) is 2.83. The monoisotopic (exact) mass is 281 g/mol. The van der Waals surface area contributed by atoms with Crippen LogP contribution in [0.5, 0.6) is 0 Å². The standard InChI is InChI=1S/C15H23NO4/c1-10(11-5-3-2-4-6-11)7-16-8-13(18)15(20)14(19)12(16)9-17/h2-6,10,12-15,17-20H,7-9H2,1H3/t10-,12-,13+,14-,15-/m1/s1. The molecule has 1 heterocycles. The average Bonchev–Trinajstić information content (AvgIpc) is 2.46. The summed E-state index contributed by atoms with van der Waals surface area (Å²) in [6, 6.07) is 9.42. The fourth-order valence-corrected chi connectivity index (χ4v) is 2.83. The number of hydrogen-bond donors (Lipinski definition) is 4. The maximum absolute atomic E-state index is 9.95. The van der Waals surface area contributed by atoms with Gasteiger partial charge < -0.3 is 20.4 Å². The molecule has 0 radical (unpaired) electrons. The summed E-state index contributed by atoms with van der Waals surface area (Å²) >= 11 is 0. The van der Waals surface area contributed by atoms with Crippen molar-refractivity contribution in [3.05, 3.63) is 35.9 Å². The van der Waals surface area contributed by atoms with Crippen molar-refractivity contribution in [2.24, 2.45) is 0 Å². The Morgan fingerprint density at radius 1 is 1.15 bits per heavy atom. The van der Waals surface area contributed by atoms with Gasteiger partial charge >= 0.3 is 0 Å². The minimum atomic E-state index is -1.20. The highest BCUT2D eigenvalue weighted by Crippen LogP contribution is 2.23. The van der Waals surface area contributed by atoms with Gasteiger partial charge in [-0.05, 0) is 11.5 Å². The van der Waals surface area contributed by atoms with Gasteiger partial charge in [0, 0.05) is 13.1 Å². The zero-order valence-electron chi connectivity index (χ0n) is 11.6. The summed E-state index contributed by atoms with van der Waals surface area (Å²) in [6.07, 6.45) is -3.32. The average molecular weight is 281 g/mol. The van der Waals surface area contributed by atoms with Crippen LogP contribution in [0.3, 0.4) is 0 Å². The first-order chi connectivity index (χ1) is 9.54. The fraction of sp³-hybridized carbons (Fsp3) is 0.600. The van der Waals surface area contributed by atoms with Gasteiger partial charge in [-0.2, -0.15) is 0 Å². The lowest BCUT2D eigenvalue weighted by atomic mass is 9.92. The van der Waals surface area contributed by atoms with Crippen molar-refractivity contribution in [2.45, 2.75) is 37.2 Å². The van der Waals surface area contributed by atoms with E-state index in [-0.39, 0.29) is 19.1 Å². The number of likely N-dealkylation sites (tertiary alicyclic amines) is 1. The Hall–Kier alpha value is -0.980. The maximum atomic E-state index is 9.95. The molecule has 20 heavy (non-hydrogen) atoms. The molecule has 0 amide bonds. The van der Waals surface area contributed by atoms with E-state index in [4.69, 9.17) is 0 Å². The van der Waals surface area contributed by atoms with Crippen molar-refractivity contribution >= 4 is 0 Å². The van der Waals surface area contributed by atoms with E-state index in [0.29, 0.717) is 6.54 Å². The van der Waals surface area contributed by atoms with Crippen LogP contribution >= 0.6 is 0 Å². The molecule has 112 valence electrons. The maximum Gasteiger partial charge on any atom is 0.109 e. The Bertz CT molecular complexity index is 414. The third-order valence-corrected chi connectivity index (χ3v) is 4.09. The van der Waals surface area contributed by atoms with Crippen LogP contribution in [0, 0.1) is 0 Å². The number of nitrogens with zero attached hydrogens (tertiary/aromatic N) is 1. The predicted molar refractivity (Wildman–Crippen MR) is 75.3 cm³/mol. The zero-order valence-corrected chi connectivity index (χ0v) is 11.6. The summed E-state index contributed by atoms with van der Waals surface area (Å²) in [4.78, 5) is 1.85. The van der Waals surface area contributed by atoms with Crippen LogP contribution in [0.4, 0.5) is 0 Å². The first-order valence-electron chi connectivity index (χ1n) is 6.98. The van der Waals surface area contributed by atoms with Gasteiger partial charge in [-0.3, -0.25) is 4.90 Å². The SMILES string of the molecule is C[C@H](CN1C[C@H](O)[C@@H](O)[C@H](O)[C@H]1CO)c1ccccc1. The van der Waals surface area contributed by atoms with Crippen molar-refractivity contribution in [1.29, 1.82) is 0 Å². The molecule has 2 rings (SSSR count). The second-order valence-electron chi connectivity index (χ2n) is 5.56. The zero-order chi connectivity index (χ0) is 14.7. The van der Waals surface area contributed by atoms with Crippen LogP contribution in [0.15, 0.2) is 30.3 Å². The lowest BCUT2D eigenvalue weighted by molar-refractivity contribution is -0.145. The summed E-state index contributed by atoms with van der Waals surface area (Å²) in [7, 11) is 0. The van der Waals surface area contributed by atoms with Gasteiger partial charge in [0.2, 0.25) is 0 Å². The van der Waals surface area contributed by atoms with E-state index in [1.165, 1.54) is 5.56 Å². The molecule has 0 aliphatic carbocycles. The lowest BCUT2D eigenvalue weighted by Crippen LogP contribution is -2.62. The number of aliphatic hydroxyl groups excluding tert-OH is 4. The summed E-state index contributed by atoms with van der Waals surface area (Å²) in [5, 5.41) is 38.8. The highest BCUT2D eigenvalue weighted by Gasteiger charge is 2.41. The molecule has 5 heteroatoms. The van der Waals surface area contributed by atoms with Crippen LogP contribution in [-0.4, -0.2) is 69.4 Å². The van der Waals surface area contributed by atoms with Crippen molar-refractivity contribution in [2.75, 3.05) is 19.7 Å². The minimum absolute atomic E-state index is 0.208. The molecule has 5 atom stereocenters. The Morgan fingerprint density at radius 2 is 1.80 bits per heavy atom. The molecule has 1 aliphatic rings. The van der Waals surface area contributed by atoms with Crippen LogP contribution < -0.4 is 0 Å². The number of hydrogen-bond acceptors (Lipinski definition) is 5. The molecule has 0 unspecified atom stereocenters. The van der Waals surface area contributed by atoms with E-state index >= 15 is 0 Å². The van der Waals surface area contributed by atoms with E-state index in [9.17, 15) is 20.4 Å². The topological polar surface area (TPSA) is 84.2 Å². The first kappa shape index (κ1) is 15.4. The summed E-state index contributed by atoms with van der Waals surface area (Å²) < 4.78 is 0. The van der Waals surface area contributed by atoms with E-state index in [2.05, 4.69) is 6.92 Å². The van der Waals surface area contributed by atoms with Gasteiger partial charge in [-0.1, -0.05) is 37.3 Å². The largest absolute Gasteiger partial charge is 0.395 e. The summed E-state index contributed by atoms with van der Waals surface area (Å²) in [5.41, 5.74) is 1.17. The molecule has 5 nitrogen and oxygen atoms in total. The number of β-amino-alcohol motifs (C(OH)–C–C–N with tert-alkyl or cyclic N) is 1. The Morgan fingerprint density at radius 3 is 2.40 bits per heavy atom. The van der Waals surface area contributed by atoms with Crippen LogP contribution in [-0.2, 0) is 0 Å². The Balaban J connectivity index is 2.07. The van der Waals surface area contributed by atoms with Crippen LogP contribution in [0.2, 0.25) is 0 Å². The van der Waals surface area contributed by atoms with Gasteiger partial charge in [0.05, 0.1) is 18.8 Å². The molecule has 0 saturated carbocycles. The molecule has 4 N–H and O–H groups in total. The highest BCUT2D eigenvalue weighted by atomic mass is 16.4. The molecule has 0 bridgehead atoms. The molecule has 1 aromatic carbocycles. The second kappa shape index (κ2) is 6.65. The number of rotatable bonds is 4. The Labute approximate surface area is 119 Å². The third kappa shape index (κ3) is 3.19. The van der Waals surface area contributed by atoms with Gasteiger partial charge in [0.25, 0.3) is 0 Å². The summed E-state index contributed by atoms with van der Waals surface area (Å²) in [5.74, 6) is 0.208. The van der Waals surface area contributed by atoms with Gasteiger partial charge in [-0.15, -0.1) is 0 Å². The van der Waals surface area contributed by atoms with Crippen LogP contribution in [0.1, 0.15) is 18.4 Å². The van der Waals surface area contributed by atoms with E-state index < -0.39 is 24.4 Å². The highest BCUT2D eigenvalue weighted by molar-refractivity contribution is 5.19. The van der Waals surface area contributed by atoms with Crippen molar-refractivity contribution in [3.63, 3.8) is 0 Å². The molecule has 1 saturated heterocycles. The smallest absolute Gasteiger partial charge is 0.109 e. The molecule has 1 aliphatic heterocycles. The van der Waals surface area contributed by atoms with Crippen molar-refractivity contribution < 1.29 is 20.4 Å². The second-order valence-corrected chi connectivity index (χ2v) is 5.56. The van der Waals surface area contributed by atoms with E-state index in [1.807, 2.05) is 35.2 Å². The Kier molecular flexibility index (Phi) is 5.12. The minimum Gasteiger partial charge on any atom is -0.395 e. The quantitative estimate of drug-likeness (QED) is 0.601. The van der Waals surface area contributed by atoms with Crippen molar-refractivity contribution in [3.8, 4) is 0 Å². The molecule has 1 aromatic rings. The van der Waals surface area contributed by atoms with Crippen molar-refractivity contribution in [1.82, 2.24) is 4.90 Å². The molecule has 0 spiro atoms. The first-order valence-corrected chi connectivity index (χ1v) is 6.98.